The van der Waals surface area contributed by atoms with Crippen LogP contribution < -0.4 is 5.32 Å². The number of rotatable bonds is 4. The van der Waals surface area contributed by atoms with E-state index in [1.54, 1.807) is 12.1 Å². The van der Waals surface area contributed by atoms with E-state index in [1.165, 1.54) is 5.56 Å². The van der Waals surface area contributed by atoms with Gasteiger partial charge in [0, 0.05) is 11.3 Å². The average molecular weight is 419 g/mol. The minimum Gasteiger partial charge on any atom is -0.436 e. The van der Waals surface area contributed by atoms with Crippen LogP contribution in [0.4, 0.5) is 5.69 Å². The van der Waals surface area contributed by atoms with E-state index in [2.05, 4.69) is 36.3 Å². The number of nitrogens with zero attached hydrogens (tertiary/aromatic N) is 1. The maximum absolute atomic E-state index is 12.8. The molecule has 30 heavy (non-hydrogen) atoms. The summed E-state index contributed by atoms with van der Waals surface area (Å²) in [6.07, 6.45) is 0. The van der Waals surface area contributed by atoms with Crippen molar-refractivity contribution in [1.29, 1.82) is 0 Å². The molecule has 3 aromatic carbocycles. The summed E-state index contributed by atoms with van der Waals surface area (Å²) in [7, 11) is 0. The first kappa shape index (κ1) is 20.2. The SMILES string of the molecule is Cc1ccc(C(=O)Nc2cc(-c3nc4cc(C(C)C)ccc4o3)ccc2C)c(Cl)c1. The van der Waals surface area contributed by atoms with Crippen molar-refractivity contribution < 1.29 is 9.21 Å². The lowest BCUT2D eigenvalue weighted by Gasteiger charge is -2.11. The first-order chi connectivity index (χ1) is 14.3. The van der Waals surface area contributed by atoms with Crippen molar-refractivity contribution in [3.63, 3.8) is 0 Å². The van der Waals surface area contributed by atoms with Gasteiger partial charge in [0.1, 0.15) is 5.52 Å². The van der Waals surface area contributed by atoms with Crippen LogP contribution in [0.15, 0.2) is 59.0 Å². The lowest BCUT2D eigenvalue weighted by molar-refractivity contribution is 0.102. The molecule has 4 aromatic rings. The van der Waals surface area contributed by atoms with Gasteiger partial charge in [-0.05, 0) is 72.9 Å². The van der Waals surface area contributed by atoms with Gasteiger partial charge >= 0.3 is 0 Å². The molecule has 0 atom stereocenters. The van der Waals surface area contributed by atoms with Gasteiger partial charge in [-0.2, -0.15) is 0 Å². The van der Waals surface area contributed by atoms with Crippen LogP contribution in [0.25, 0.3) is 22.6 Å². The van der Waals surface area contributed by atoms with Crippen molar-refractivity contribution in [2.24, 2.45) is 0 Å². The van der Waals surface area contributed by atoms with Crippen LogP contribution >= 0.6 is 11.6 Å². The van der Waals surface area contributed by atoms with Crippen LogP contribution in [0.3, 0.4) is 0 Å². The van der Waals surface area contributed by atoms with Gasteiger partial charge in [-0.1, -0.05) is 43.6 Å². The molecule has 0 aliphatic rings. The molecular weight excluding hydrogens is 396 g/mol. The minimum absolute atomic E-state index is 0.251. The topological polar surface area (TPSA) is 55.1 Å². The number of halogens is 1. The standard InChI is InChI=1S/C25H23ClN2O2/c1-14(2)17-8-10-23-22(12-17)28-25(30-23)18-7-6-16(4)21(13-18)27-24(29)19-9-5-15(3)11-20(19)26/h5-14H,1-4H3,(H,27,29). The van der Waals surface area contributed by atoms with Gasteiger partial charge in [0.25, 0.3) is 5.91 Å². The Hall–Kier alpha value is -3.11. The molecule has 0 aliphatic carbocycles. The first-order valence-electron chi connectivity index (χ1n) is 9.91. The number of oxazole rings is 1. The highest BCUT2D eigenvalue weighted by Gasteiger charge is 2.15. The van der Waals surface area contributed by atoms with Crippen LogP contribution in [0.5, 0.6) is 0 Å². The molecule has 1 N–H and O–H groups in total. The Kier molecular flexibility index (Phi) is 5.35. The third-order valence-electron chi connectivity index (χ3n) is 5.18. The molecule has 152 valence electrons. The van der Waals surface area contributed by atoms with Gasteiger partial charge in [-0.3, -0.25) is 4.79 Å². The fraction of sp³-hybridized carbons (Fsp3) is 0.200. The van der Waals surface area contributed by atoms with Crippen molar-refractivity contribution >= 4 is 34.3 Å². The number of nitrogens with one attached hydrogen (secondary N) is 1. The van der Waals surface area contributed by atoms with Crippen LogP contribution in [-0.4, -0.2) is 10.9 Å². The van der Waals surface area contributed by atoms with E-state index >= 15 is 0 Å². The lowest BCUT2D eigenvalue weighted by Crippen LogP contribution is -2.13. The normalized spacial score (nSPS) is 11.3. The number of hydrogen-bond donors (Lipinski definition) is 1. The number of carbonyl (C=O) groups excluding carboxylic acids is 1. The summed E-state index contributed by atoms with van der Waals surface area (Å²) in [5, 5.41) is 3.39. The molecule has 0 aliphatic heterocycles. The second-order valence-electron chi connectivity index (χ2n) is 7.87. The van der Waals surface area contributed by atoms with Crippen molar-refractivity contribution in [3.8, 4) is 11.5 Å². The van der Waals surface area contributed by atoms with Crippen molar-refractivity contribution in [2.45, 2.75) is 33.6 Å². The number of fused-ring (bicyclic) bond motifs is 1. The summed E-state index contributed by atoms with van der Waals surface area (Å²) >= 11 is 6.25. The zero-order valence-electron chi connectivity index (χ0n) is 17.4. The number of carbonyl (C=O) groups is 1. The molecule has 1 aromatic heterocycles. The highest BCUT2D eigenvalue weighted by molar-refractivity contribution is 6.34. The number of aromatic nitrogens is 1. The Labute approximate surface area is 180 Å². The molecule has 0 unspecified atom stereocenters. The predicted molar refractivity (Wildman–Crippen MR) is 122 cm³/mol. The van der Waals surface area contributed by atoms with Crippen LogP contribution in [-0.2, 0) is 0 Å². The first-order valence-corrected chi connectivity index (χ1v) is 10.3. The number of hydrogen-bond acceptors (Lipinski definition) is 3. The van der Waals surface area contributed by atoms with Gasteiger partial charge < -0.3 is 9.73 Å². The van der Waals surface area contributed by atoms with Crippen LogP contribution in [0.2, 0.25) is 5.02 Å². The lowest BCUT2D eigenvalue weighted by atomic mass is 10.0. The van der Waals surface area contributed by atoms with E-state index in [-0.39, 0.29) is 5.91 Å². The monoisotopic (exact) mass is 418 g/mol. The van der Waals surface area contributed by atoms with E-state index in [4.69, 9.17) is 16.0 Å². The zero-order valence-corrected chi connectivity index (χ0v) is 18.2. The largest absolute Gasteiger partial charge is 0.436 e. The van der Waals surface area contributed by atoms with E-state index in [9.17, 15) is 4.79 Å². The highest BCUT2D eigenvalue weighted by Crippen LogP contribution is 2.30. The summed E-state index contributed by atoms with van der Waals surface area (Å²) in [5.74, 6) is 0.693. The molecule has 0 bridgehead atoms. The Morgan fingerprint density at radius 1 is 1.03 bits per heavy atom. The van der Waals surface area contributed by atoms with Gasteiger partial charge in [-0.15, -0.1) is 0 Å². The average Bonchev–Trinajstić information content (AvgIpc) is 3.12. The minimum atomic E-state index is -0.251. The number of amides is 1. The maximum Gasteiger partial charge on any atom is 0.257 e. The van der Waals surface area contributed by atoms with Gasteiger partial charge in [0.15, 0.2) is 5.58 Å². The highest BCUT2D eigenvalue weighted by atomic mass is 35.5. The van der Waals surface area contributed by atoms with Crippen LogP contribution in [0, 0.1) is 13.8 Å². The molecule has 4 nitrogen and oxygen atoms in total. The molecular formula is C25H23ClN2O2. The van der Waals surface area contributed by atoms with Gasteiger partial charge in [0.2, 0.25) is 5.89 Å². The molecule has 4 rings (SSSR count). The Bertz CT molecular complexity index is 1260. The van der Waals surface area contributed by atoms with Crippen molar-refractivity contribution in [1.82, 2.24) is 4.98 Å². The Morgan fingerprint density at radius 2 is 1.83 bits per heavy atom. The molecule has 1 heterocycles. The van der Waals surface area contributed by atoms with Gasteiger partial charge in [0.05, 0.1) is 10.6 Å². The maximum atomic E-state index is 12.8. The molecule has 0 saturated carbocycles. The molecule has 0 radical (unpaired) electrons. The molecule has 5 heteroatoms. The number of aryl methyl sites for hydroxylation is 2. The van der Waals surface area contributed by atoms with Crippen molar-refractivity contribution in [2.75, 3.05) is 5.32 Å². The number of benzene rings is 3. The summed E-state index contributed by atoms with van der Waals surface area (Å²) in [4.78, 5) is 17.4. The second-order valence-corrected chi connectivity index (χ2v) is 8.28. The summed E-state index contributed by atoms with van der Waals surface area (Å²) in [6.45, 7) is 8.18. The van der Waals surface area contributed by atoms with Gasteiger partial charge in [-0.25, -0.2) is 4.98 Å². The Morgan fingerprint density at radius 3 is 2.57 bits per heavy atom. The third kappa shape index (κ3) is 3.96. The predicted octanol–water partition coefficient (Wildman–Crippen LogP) is 7.14. The molecule has 0 spiro atoms. The van der Waals surface area contributed by atoms with E-state index in [0.717, 1.165) is 27.8 Å². The smallest absolute Gasteiger partial charge is 0.257 e. The summed E-state index contributed by atoms with van der Waals surface area (Å²) in [6, 6.07) is 17.2. The van der Waals surface area contributed by atoms with Crippen molar-refractivity contribution in [3.05, 3.63) is 81.9 Å². The van der Waals surface area contributed by atoms with Crippen LogP contribution in [0.1, 0.15) is 46.8 Å². The molecule has 0 fully saturated rings. The molecule has 0 saturated heterocycles. The summed E-state index contributed by atoms with van der Waals surface area (Å²) < 4.78 is 5.96. The van der Waals surface area contributed by atoms with E-state index in [1.807, 2.05) is 44.2 Å². The Balaban J connectivity index is 1.66. The fourth-order valence-corrected chi connectivity index (χ4v) is 3.63. The fourth-order valence-electron chi connectivity index (χ4n) is 3.31. The third-order valence-corrected chi connectivity index (χ3v) is 5.49. The second kappa shape index (κ2) is 7.96. The quantitative estimate of drug-likeness (QED) is 0.383. The zero-order chi connectivity index (χ0) is 21.4. The molecule has 1 amide bonds. The van der Waals surface area contributed by atoms with E-state index < -0.39 is 0 Å². The summed E-state index contributed by atoms with van der Waals surface area (Å²) in [5.41, 5.74) is 6.66. The van der Waals surface area contributed by atoms with E-state index in [0.29, 0.717) is 28.1 Å². The number of anilines is 1.